The molecule has 0 spiro atoms. The Labute approximate surface area is 116 Å². The first-order chi connectivity index (χ1) is 9.63. The summed E-state index contributed by atoms with van der Waals surface area (Å²) in [6.07, 6.45) is 5.45. The van der Waals surface area contributed by atoms with E-state index < -0.39 is 0 Å². The minimum Gasteiger partial charge on any atom is -0.299 e. The summed E-state index contributed by atoms with van der Waals surface area (Å²) < 4.78 is 1.21. The molecule has 104 valence electrons. The van der Waals surface area contributed by atoms with Gasteiger partial charge in [0.25, 0.3) is 11.5 Å². The minimum absolute atomic E-state index is 0.162. The van der Waals surface area contributed by atoms with Gasteiger partial charge in [-0.1, -0.05) is 13.3 Å². The second-order valence-corrected chi connectivity index (χ2v) is 5.49. The van der Waals surface area contributed by atoms with Gasteiger partial charge in [0.05, 0.1) is 16.5 Å². The maximum Gasteiger partial charge on any atom is 0.266 e. The van der Waals surface area contributed by atoms with Crippen LogP contribution in [-0.2, 0) is 4.79 Å². The van der Waals surface area contributed by atoms with E-state index in [1.54, 1.807) is 18.2 Å². The summed E-state index contributed by atoms with van der Waals surface area (Å²) in [5.74, 6) is 0.757. The van der Waals surface area contributed by atoms with E-state index in [1.165, 1.54) is 11.0 Å². The standard InChI is InChI=1S/C8H3NO2.C8H14O/c10-7-5-2-1-4-3-6(5)8(11)9(4)7;1-2-7-5-3-4-6-8(7)9/h1-3H;7H,2-6H2,1H3. The fraction of sp³-hybridized carbons (Fsp3) is 0.438. The number of ketones is 1. The minimum atomic E-state index is -0.162. The van der Waals surface area contributed by atoms with E-state index in [1.807, 2.05) is 0 Å². The molecule has 1 aromatic carbocycles. The van der Waals surface area contributed by atoms with Crippen molar-refractivity contribution < 1.29 is 9.59 Å². The molecular formula is C16H17NO3. The largest absolute Gasteiger partial charge is 0.299 e. The molecule has 3 aliphatic rings. The predicted octanol–water partition coefficient (Wildman–Crippen LogP) is 2.60. The van der Waals surface area contributed by atoms with E-state index in [4.69, 9.17) is 0 Å². The normalized spacial score (nSPS) is 20.6. The van der Waals surface area contributed by atoms with Crippen molar-refractivity contribution in [2.75, 3.05) is 0 Å². The van der Waals surface area contributed by atoms with E-state index in [-0.39, 0.29) is 11.5 Å². The van der Waals surface area contributed by atoms with Crippen LogP contribution in [0.3, 0.4) is 0 Å². The third kappa shape index (κ3) is 1.87. The highest BCUT2D eigenvalue weighted by atomic mass is 16.2. The number of pyridine rings is 2. The summed E-state index contributed by atoms with van der Waals surface area (Å²) in [5, 5.41) is 0.546. The lowest BCUT2D eigenvalue weighted by atomic mass is 9.86. The zero-order valence-corrected chi connectivity index (χ0v) is 11.5. The van der Waals surface area contributed by atoms with Gasteiger partial charge in [-0.2, -0.15) is 0 Å². The zero-order chi connectivity index (χ0) is 14.3. The molecule has 4 nitrogen and oxygen atoms in total. The van der Waals surface area contributed by atoms with Crippen LogP contribution in [0.4, 0.5) is 0 Å². The molecule has 0 amide bonds. The van der Waals surface area contributed by atoms with Crippen LogP contribution in [0.25, 0.3) is 10.9 Å². The van der Waals surface area contributed by atoms with Crippen molar-refractivity contribution in [1.82, 2.24) is 4.57 Å². The number of Topliss-reactive ketones (excluding diaryl/α,β-unsaturated/α-hetero) is 1. The summed E-state index contributed by atoms with van der Waals surface area (Å²) in [4.78, 5) is 33.4. The highest BCUT2D eigenvalue weighted by Crippen LogP contribution is 2.23. The summed E-state index contributed by atoms with van der Waals surface area (Å²) in [7, 11) is 0. The molecule has 1 unspecified atom stereocenters. The van der Waals surface area contributed by atoms with Crippen LogP contribution in [0, 0.1) is 5.92 Å². The quantitative estimate of drug-likeness (QED) is 0.683. The van der Waals surface area contributed by atoms with Gasteiger partial charge in [0.1, 0.15) is 5.78 Å². The maximum atomic E-state index is 11.2. The molecule has 4 bridgehead atoms. The highest BCUT2D eigenvalue weighted by molar-refractivity contribution is 6.13. The van der Waals surface area contributed by atoms with E-state index in [2.05, 4.69) is 6.92 Å². The van der Waals surface area contributed by atoms with Crippen LogP contribution < -0.4 is 5.56 Å². The van der Waals surface area contributed by atoms with Crippen LogP contribution >= 0.6 is 0 Å². The molecule has 20 heavy (non-hydrogen) atoms. The number of hydrogen-bond acceptors (Lipinski definition) is 3. The van der Waals surface area contributed by atoms with Gasteiger partial charge < -0.3 is 0 Å². The molecule has 1 fully saturated rings. The lowest BCUT2D eigenvalue weighted by Crippen LogP contribution is -2.17. The number of aromatic nitrogens is 1. The maximum absolute atomic E-state index is 11.2. The molecule has 1 atom stereocenters. The van der Waals surface area contributed by atoms with Crippen LogP contribution in [0.2, 0.25) is 0 Å². The average Bonchev–Trinajstić information content (AvgIpc) is 2.85. The van der Waals surface area contributed by atoms with Crippen molar-refractivity contribution >= 4 is 22.6 Å². The molecule has 4 heteroatoms. The molecule has 2 aliphatic heterocycles. The number of rotatable bonds is 1. The Balaban J connectivity index is 0.000000124. The Morgan fingerprint density at radius 2 is 2.00 bits per heavy atom. The molecule has 1 aromatic heterocycles. The van der Waals surface area contributed by atoms with Crippen molar-refractivity contribution in [2.24, 2.45) is 5.92 Å². The van der Waals surface area contributed by atoms with Crippen molar-refractivity contribution in [2.45, 2.75) is 39.0 Å². The van der Waals surface area contributed by atoms with Gasteiger partial charge >= 0.3 is 0 Å². The lowest BCUT2D eigenvalue weighted by Gasteiger charge is -2.17. The number of hydrogen-bond donors (Lipinski definition) is 0. The van der Waals surface area contributed by atoms with Crippen molar-refractivity contribution in [3.63, 3.8) is 0 Å². The Morgan fingerprint density at radius 1 is 1.20 bits per heavy atom. The number of nitrogens with zero attached hydrogens (tertiary/aromatic N) is 1. The molecule has 2 aromatic rings. The van der Waals surface area contributed by atoms with Crippen molar-refractivity contribution in [3.05, 3.63) is 34.1 Å². The first-order valence-corrected chi connectivity index (χ1v) is 7.19. The number of fused-ring (bicyclic) bond motifs is 1. The summed E-state index contributed by atoms with van der Waals surface area (Å²) in [6.45, 7) is 2.11. The van der Waals surface area contributed by atoms with E-state index in [0.717, 1.165) is 25.7 Å². The van der Waals surface area contributed by atoms with Gasteiger partial charge in [-0.3, -0.25) is 14.4 Å². The molecule has 0 saturated heterocycles. The molecule has 1 aliphatic carbocycles. The van der Waals surface area contributed by atoms with Gasteiger partial charge in [-0.15, -0.1) is 0 Å². The molecular weight excluding hydrogens is 254 g/mol. The van der Waals surface area contributed by atoms with Crippen LogP contribution in [0.5, 0.6) is 0 Å². The molecule has 0 N–H and O–H groups in total. The summed E-state index contributed by atoms with van der Waals surface area (Å²) in [6, 6.07) is 5.23. The van der Waals surface area contributed by atoms with Gasteiger partial charge in [-0.25, -0.2) is 4.57 Å². The fourth-order valence-electron chi connectivity index (χ4n) is 3.09. The fourth-order valence-corrected chi connectivity index (χ4v) is 3.09. The monoisotopic (exact) mass is 271 g/mol. The zero-order valence-electron chi connectivity index (χ0n) is 11.5. The Bertz CT molecular complexity index is 729. The van der Waals surface area contributed by atoms with Crippen LogP contribution in [0.1, 0.15) is 49.4 Å². The van der Waals surface area contributed by atoms with E-state index in [9.17, 15) is 14.4 Å². The smallest absolute Gasteiger partial charge is 0.266 e. The average molecular weight is 271 g/mol. The van der Waals surface area contributed by atoms with Gasteiger partial charge in [0.2, 0.25) is 0 Å². The van der Waals surface area contributed by atoms with E-state index in [0.29, 0.717) is 28.2 Å². The number of benzene rings is 1. The van der Waals surface area contributed by atoms with E-state index >= 15 is 0 Å². The second kappa shape index (κ2) is 4.85. The predicted molar refractivity (Wildman–Crippen MR) is 76.4 cm³/mol. The first-order valence-electron chi connectivity index (χ1n) is 7.19. The van der Waals surface area contributed by atoms with Gasteiger partial charge in [-0.05, 0) is 37.5 Å². The third-order valence-corrected chi connectivity index (χ3v) is 4.30. The first kappa shape index (κ1) is 13.0. The number of carbonyl (C=O) groups excluding carboxylic acids is 2. The topological polar surface area (TPSA) is 56.1 Å². The van der Waals surface area contributed by atoms with Crippen LogP contribution in [0.15, 0.2) is 23.0 Å². The second-order valence-electron chi connectivity index (χ2n) is 5.49. The Kier molecular flexibility index (Phi) is 3.16. The van der Waals surface area contributed by atoms with Gasteiger partial charge in [0, 0.05) is 12.3 Å². The third-order valence-electron chi connectivity index (χ3n) is 4.30. The SMILES string of the molecule is CCC1CCCCC1=O.O=C1c2cc3ccc2c(=O)n31. The highest BCUT2D eigenvalue weighted by Gasteiger charge is 2.27. The summed E-state index contributed by atoms with van der Waals surface area (Å²) in [5.41, 5.74) is 1.11. The molecule has 1 saturated carbocycles. The van der Waals surface area contributed by atoms with Crippen molar-refractivity contribution in [1.29, 1.82) is 0 Å². The molecule has 0 radical (unpaired) electrons. The Morgan fingerprint density at radius 3 is 2.45 bits per heavy atom. The molecule has 5 rings (SSSR count). The summed E-state index contributed by atoms with van der Waals surface area (Å²) >= 11 is 0. The number of carbonyl (C=O) groups is 2. The van der Waals surface area contributed by atoms with Gasteiger partial charge in [0.15, 0.2) is 0 Å². The molecule has 3 heterocycles. The Hall–Kier alpha value is -1.97. The lowest BCUT2D eigenvalue weighted by molar-refractivity contribution is -0.124. The van der Waals surface area contributed by atoms with Crippen molar-refractivity contribution in [3.8, 4) is 0 Å². The van der Waals surface area contributed by atoms with Crippen LogP contribution in [-0.4, -0.2) is 16.3 Å².